The van der Waals surface area contributed by atoms with Gasteiger partial charge in [0, 0.05) is 18.8 Å². The van der Waals surface area contributed by atoms with Gasteiger partial charge in [-0.05, 0) is 19.4 Å². The largest absolute Gasteiger partial charge is 0.477 e. The van der Waals surface area contributed by atoms with Crippen molar-refractivity contribution in [1.82, 2.24) is 14.8 Å². The maximum Gasteiger partial charge on any atom is 0.352 e. The predicted octanol–water partition coefficient (Wildman–Crippen LogP) is 1.32. The van der Waals surface area contributed by atoms with Gasteiger partial charge in [-0.25, -0.2) is 4.79 Å². The summed E-state index contributed by atoms with van der Waals surface area (Å²) in [7, 11) is 1.70. The Bertz CT molecular complexity index is 654. The van der Waals surface area contributed by atoms with Gasteiger partial charge in [-0.2, -0.15) is 5.10 Å². The molecule has 0 saturated carbocycles. The highest BCUT2D eigenvalue weighted by atomic mass is 16.4. The van der Waals surface area contributed by atoms with Crippen LogP contribution in [0.25, 0.3) is 0 Å². The number of anilines is 1. The Morgan fingerprint density at radius 1 is 1.42 bits per heavy atom. The van der Waals surface area contributed by atoms with Crippen LogP contribution in [0.3, 0.4) is 0 Å². The van der Waals surface area contributed by atoms with Crippen LogP contribution in [-0.4, -0.2) is 31.7 Å². The third kappa shape index (κ3) is 2.22. The van der Waals surface area contributed by atoms with Gasteiger partial charge in [-0.15, -0.1) is 0 Å². The molecule has 0 unspecified atom stereocenters. The van der Waals surface area contributed by atoms with Gasteiger partial charge in [0.05, 0.1) is 11.8 Å². The second kappa shape index (κ2) is 4.60. The van der Waals surface area contributed by atoms with Crippen LogP contribution in [0.5, 0.6) is 0 Å². The Morgan fingerprint density at radius 3 is 2.58 bits per heavy atom. The van der Waals surface area contributed by atoms with Gasteiger partial charge in [0.1, 0.15) is 11.5 Å². The zero-order valence-corrected chi connectivity index (χ0v) is 10.8. The van der Waals surface area contributed by atoms with Crippen LogP contribution < -0.4 is 5.32 Å². The average Bonchev–Trinajstić information content (AvgIpc) is 2.84. The van der Waals surface area contributed by atoms with E-state index in [1.54, 1.807) is 33.2 Å². The Balaban J connectivity index is 2.35. The number of carboxylic acid groups (broad SMARTS) is 1. The first-order chi connectivity index (χ1) is 8.91. The number of aromatic nitrogens is 3. The fourth-order valence-electron chi connectivity index (χ4n) is 1.98. The molecular weight excluding hydrogens is 248 g/mol. The second-order valence-electron chi connectivity index (χ2n) is 4.22. The van der Waals surface area contributed by atoms with Crippen LogP contribution in [0.4, 0.5) is 5.82 Å². The van der Waals surface area contributed by atoms with Crippen molar-refractivity contribution in [2.24, 2.45) is 7.05 Å². The number of aromatic amines is 1. The molecule has 2 heterocycles. The molecule has 0 aliphatic rings. The lowest BCUT2D eigenvalue weighted by Crippen LogP contribution is -2.16. The second-order valence-corrected chi connectivity index (χ2v) is 4.22. The van der Waals surface area contributed by atoms with Crippen molar-refractivity contribution in [3.05, 3.63) is 34.8 Å². The summed E-state index contributed by atoms with van der Waals surface area (Å²) in [4.78, 5) is 25.9. The van der Waals surface area contributed by atoms with Crippen LogP contribution >= 0.6 is 0 Å². The fourth-order valence-corrected chi connectivity index (χ4v) is 1.98. The highest BCUT2D eigenvalue weighted by Crippen LogP contribution is 2.19. The number of aryl methyl sites for hydroxylation is 2. The fraction of sp³-hybridized carbons (Fsp3) is 0.250. The molecule has 0 aromatic carbocycles. The Hall–Kier alpha value is -2.57. The van der Waals surface area contributed by atoms with Crippen molar-refractivity contribution in [2.75, 3.05) is 5.32 Å². The number of nitrogens with one attached hydrogen (secondary N) is 2. The summed E-state index contributed by atoms with van der Waals surface area (Å²) in [5, 5.41) is 15.6. The average molecular weight is 262 g/mol. The molecule has 7 nitrogen and oxygen atoms in total. The van der Waals surface area contributed by atoms with Gasteiger partial charge in [0.25, 0.3) is 5.91 Å². The first-order valence-corrected chi connectivity index (χ1v) is 5.63. The van der Waals surface area contributed by atoms with Gasteiger partial charge in [0.15, 0.2) is 0 Å². The Morgan fingerprint density at radius 2 is 2.11 bits per heavy atom. The lowest BCUT2D eigenvalue weighted by atomic mass is 10.1. The van der Waals surface area contributed by atoms with E-state index in [2.05, 4.69) is 15.4 Å². The number of carbonyl (C=O) groups is 2. The van der Waals surface area contributed by atoms with Crippen LogP contribution in [0.2, 0.25) is 0 Å². The monoisotopic (exact) mass is 262 g/mol. The molecule has 0 aliphatic carbocycles. The smallest absolute Gasteiger partial charge is 0.352 e. The minimum Gasteiger partial charge on any atom is -0.477 e. The minimum atomic E-state index is -1.08. The van der Waals surface area contributed by atoms with Crippen molar-refractivity contribution in [1.29, 1.82) is 0 Å². The number of hydrogen-bond donors (Lipinski definition) is 3. The summed E-state index contributed by atoms with van der Waals surface area (Å²) in [5.41, 5.74) is 1.32. The molecule has 0 fully saturated rings. The number of aromatic carboxylic acids is 1. The Kier molecular flexibility index (Phi) is 3.12. The van der Waals surface area contributed by atoms with E-state index in [0.717, 1.165) is 0 Å². The van der Waals surface area contributed by atoms with Crippen molar-refractivity contribution >= 4 is 17.7 Å². The van der Waals surface area contributed by atoms with Gasteiger partial charge < -0.3 is 15.4 Å². The minimum absolute atomic E-state index is 0.0349. The molecule has 2 aromatic heterocycles. The highest BCUT2D eigenvalue weighted by Gasteiger charge is 2.22. The maximum absolute atomic E-state index is 12.2. The van der Waals surface area contributed by atoms with Crippen molar-refractivity contribution in [3.63, 3.8) is 0 Å². The van der Waals surface area contributed by atoms with E-state index in [1.165, 1.54) is 4.68 Å². The van der Waals surface area contributed by atoms with Gasteiger partial charge >= 0.3 is 5.97 Å². The molecule has 19 heavy (non-hydrogen) atoms. The quantitative estimate of drug-likeness (QED) is 0.776. The number of nitrogens with zero attached hydrogens (tertiary/aromatic N) is 2. The molecule has 100 valence electrons. The molecule has 3 N–H and O–H groups in total. The SMILES string of the molecule is Cc1[nH]c(C(=O)O)c(C)c1C(=O)Nc1ccnn1C. The molecule has 7 heteroatoms. The first-order valence-electron chi connectivity index (χ1n) is 5.63. The van der Waals surface area contributed by atoms with Crippen molar-refractivity contribution < 1.29 is 14.7 Å². The lowest BCUT2D eigenvalue weighted by Gasteiger charge is -2.05. The number of rotatable bonds is 3. The normalized spacial score (nSPS) is 10.5. The van der Waals surface area contributed by atoms with Crippen LogP contribution in [-0.2, 0) is 7.05 Å². The lowest BCUT2D eigenvalue weighted by molar-refractivity contribution is 0.0690. The summed E-state index contributed by atoms with van der Waals surface area (Å²) >= 11 is 0. The van der Waals surface area contributed by atoms with E-state index in [0.29, 0.717) is 22.6 Å². The molecule has 0 atom stereocenters. The molecule has 0 saturated heterocycles. The molecule has 1 amide bonds. The topological polar surface area (TPSA) is 100 Å². The first kappa shape index (κ1) is 12.9. The van der Waals surface area contributed by atoms with E-state index in [9.17, 15) is 9.59 Å². The summed E-state index contributed by atoms with van der Waals surface area (Å²) in [6.45, 7) is 3.27. The van der Waals surface area contributed by atoms with Gasteiger partial charge in [0.2, 0.25) is 0 Å². The maximum atomic E-state index is 12.2. The molecule has 0 aliphatic heterocycles. The van der Waals surface area contributed by atoms with E-state index < -0.39 is 5.97 Å². The van der Waals surface area contributed by atoms with E-state index >= 15 is 0 Å². The number of carboxylic acids is 1. The van der Waals surface area contributed by atoms with E-state index in [-0.39, 0.29) is 11.6 Å². The van der Waals surface area contributed by atoms with E-state index in [4.69, 9.17) is 5.11 Å². The van der Waals surface area contributed by atoms with Crippen LogP contribution in [0, 0.1) is 13.8 Å². The van der Waals surface area contributed by atoms with Gasteiger partial charge in [-0.1, -0.05) is 0 Å². The zero-order valence-electron chi connectivity index (χ0n) is 10.8. The molecule has 2 rings (SSSR count). The molecular formula is C12H14N4O3. The molecule has 0 radical (unpaired) electrons. The molecule has 0 bridgehead atoms. The van der Waals surface area contributed by atoms with Crippen molar-refractivity contribution in [2.45, 2.75) is 13.8 Å². The Labute approximate surface area is 109 Å². The van der Waals surface area contributed by atoms with Gasteiger partial charge in [-0.3, -0.25) is 9.48 Å². The van der Waals surface area contributed by atoms with Crippen molar-refractivity contribution in [3.8, 4) is 0 Å². The zero-order chi connectivity index (χ0) is 14.2. The summed E-state index contributed by atoms with van der Waals surface area (Å²) < 4.78 is 1.52. The summed E-state index contributed by atoms with van der Waals surface area (Å²) in [6, 6.07) is 1.66. The highest BCUT2D eigenvalue weighted by molar-refractivity contribution is 6.07. The van der Waals surface area contributed by atoms with Crippen LogP contribution in [0.15, 0.2) is 12.3 Å². The van der Waals surface area contributed by atoms with Crippen LogP contribution in [0.1, 0.15) is 32.1 Å². The summed E-state index contributed by atoms with van der Waals surface area (Å²) in [6.07, 6.45) is 1.56. The third-order valence-electron chi connectivity index (χ3n) is 2.94. The number of H-pyrrole nitrogens is 1. The number of carbonyl (C=O) groups excluding carboxylic acids is 1. The third-order valence-corrected chi connectivity index (χ3v) is 2.94. The molecule has 2 aromatic rings. The predicted molar refractivity (Wildman–Crippen MR) is 68.4 cm³/mol. The number of amides is 1. The summed E-state index contributed by atoms with van der Waals surface area (Å²) in [5.74, 6) is -0.899. The standard InChI is InChI=1S/C12H14N4O3/c1-6-9(7(2)14-10(6)12(18)19)11(17)15-8-4-5-13-16(8)3/h4-5,14H,1-3H3,(H,15,17)(H,18,19). The molecule has 0 spiro atoms. The number of hydrogen-bond acceptors (Lipinski definition) is 3. The van der Waals surface area contributed by atoms with E-state index in [1.807, 2.05) is 0 Å².